The van der Waals surface area contributed by atoms with Crippen LogP contribution in [0.15, 0.2) is 24.3 Å². The quantitative estimate of drug-likeness (QED) is 0.832. The maximum Gasteiger partial charge on any atom is 0.123 e. The lowest BCUT2D eigenvalue weighted by molar-refractivity contribution is 0.168. The fourth-order valence-electron chi connectivity index (χ4n) is 2.63. The third kappa shape index (κ3) is 3.26. The average molecular weight is 247 g/mol. The van der Waals surface area contributed by atoms with E-state index in [0.29, 0.717) is 12.1 Å². The number of hydrogen-bond acceptors (Lipinski definition) is 2. The molecule has 18 heavy (non-hydrogen) atoms. The number of nitrogens with one attached hydrogen (secondary N) is 1. The van der Waals surface area contributed by atoms with Gasteiger partial charge in [-0.2, -0.15) is 0 Å². The molecule has 1 aromatic carbocycles. The van der Waals surface area contributed by atoms with E-state index in [0.717, 1.165) is 24.6 Å². The minimum absolute atomic E-state index is 0.307. The Balaban J connectivity index is 1.97. The fourth-order valence-corrected chi connectivity index (χ4v) is 2.63. The number of fused-ring (bicyclic) bond motifs is 1. The molecule has 0 aliphatic carbocycles. The molecule has 0 bridgehead atoms. The average Bonchev–Trinajstić information content (AvgIpc) is 2.77. The molecule has 1 aromatic rings. The zero-order valence-corrected chi connectivity index (χ0v) is 11.8. The lowest BCUT2D eigenvalue weighted by Gasteiger charge is -2.24. The van der Waals surface area contributed by atoms with Gasteiger partial charge in [0.25, 0.3) is 0 Å². The molecule has 0 saturated carbocycles. The van der Waals surface area contributed by atoms with E-state index < -0.39 is 0 Å². The number of para-hydroxylation sites is 1. The van der Waals surface area contributed by atoms with Crippen molar-refractivity contribution >= 4 is 0 Å². The Bertz CT molecular complexity index is 350. The number of hydrogen-bond donors (Lipinski definition) is 1. The van der Waals surface area contributed by atoms with Crippen molar-refractivity contribution in [3.05, 3.63) is 29.8 Å². The first-order chi connectivity index (χ1) is 8.70. The molecule has 100 valence electrons. The molecule has 2 atom stereocenters. The van der Waals surface area contributed by atoms with E-state index in [9.17, 15) is 0 Å². The smallest absolute Gasteiger partial charge is 0.123 e. The molecule has 1 heterocycles. The normalized spacial score (nSPS) is 19.7. The van der Waals surface area contributed by atoms with Crippen LogP contribution in [0.2, 0.25) is 0 Å². The van der Waals surface area contributed by atoms with Crippen molar-refractivity contribution in [3.8, 4) is 5.75 Å². The summed E-state index contributed by atoms with van der Waals surface area (Å²) in [6.07, 6.45) is 3.81. The summed E-state index contributed by atoms with van der Waals surface area (Å²) in [5.74, 6) is 1.84. The van der Waals surface area contributed by atoms with Crippen LogP contribution in [-0.2, 0) is 6.42 Å². The van der Waals surface area contributed by atoms with Crippen molar-refractivity contribution < 1.29 is 4.74 Å². The topological polar surface area (TPSA) is 21.3 Å². The lowest BCUT2D eigenvalue weighted by Crippen LogP contribution is -2.42. The van der Waals surface area contributed by atoms with Crippen molar-refractivity contribution in [1.82, 2.24) is 5.32 Å². The monoisotopic (exact) mass is 247 g/mol. The van der Waals surface area contributed by atoms with E-state index in [2.05, 4.69) is 50.4 Å². The van der Waals surface area contributed by atoms with Crippen molar-refractivity contribution in [2.24, 2.45) is 5.92 Å². The molecule has 1 aliphatic heterocycles. The van der Waals surface area contributed by atoms with E-state index in [-0.39, 0.29) is 0 Å². The van der Waals surface area contributed by atoms with Gasteiger partial charge in [0, 0.05) is 12.5 Å². The predicted octanol–water partition coefficient (Wildman–Crippen LogP) is 3.40. The molecule has 2 nitrogen and oxygen atoms in total. The first kappa shape index (κ1) is 13.4. The van der Waals surface area contributed by atoms with E-state index in [1.165, 1.54) is 18.4 Å². The molecule has 2 rings (SSSR count). The summed E-state index contributed by atoms with van der Waals surface area (Å²) in [5.41, 5.74) is 1.36. The van der Waals surface area contributed by atoms with Crippen molar-refractivity contribution in [3.63, 3.8) is 0 Å². The Labute approximate surface area is 111 Å². The van der Waals surface area contributed by atoms with Crippen molar-refractivity contribution in [1.29, 1.82) is 0 Å². The van der Waals surface area contributed by atoms with E-state index in [1.54, 1.807) is 0 Å². The number of likely N-dealkylation sites (N-methyl/N-ethyl adjacent to an activating group) is 1. The summed E-state index contributed by atoms with van der Waals surface area (Å²) in [6.45, 7) is 7.75. The molecule has 0 amide bonds. The maximum atomic E-state index is 6.09. The largest absolute Gasteiger partial charge is 0.488 e. The van der Waals surface area contributed by atoms with E-state index in [1.807, 2.05) is 0 Å². The van der Waals surface area contributed by atoms with Gasteiger partial charge in [0.15, 0.2) is 0 Å². The first-order valence-electron chi connectivity index (χ1n) is 7.18. The van der Waals surface area contributed by atoms with Crippen LogP contribution in [0, 0.1) is 5.92 Å². The Morgan fingerprint density at radius 3 is 2.72 bits per heavy atom. The standard InChI is InChI=1S/C16H25NO/c1-4-17-14(10-9-12(2)3)16-11-13-7-5-6-8-15(13)18-16/h5-8,12,14,16-17H,4,9-11H2,1-3H3. The molecule has 0 spiro atoms. The van der Waals surface area contributed by atoms with E-state index in [4.69, 9.17) is 4.74 Å². The third-order valence-electron chi connectivity index (χ3n) is 3.64. The number of benzene rings is 1. The Kier molecular flexibility index (Phi) is 4.65. The molecule has 0 saturated heterocycles. The summed E-state index contributed by atoms with van der Waals surface area (Å²) in [6, 6.07) is 8.89. The molecule has 2 unspecified atom stereocenters. The number of ether oxygens (including phenoxy) is 1. The molecular weight excluding hydrogens is 222 g/mol. The number of rotatable bonds is 6. The van der Waals surface area contributed by atoms with Gasteiger partial charge in [0.2, 0.25) is 0 Å². The van der Waals surface area contributed by atoms with Crippen molar-refractivity contribution in [2.45, 2.75) is 52.2 Å². The summed E-state index contributed by atoms with van der Waals surface area (Å²) >= 11 is 0. The van der Waals surface area contributed by atoms with Gasteiger partial charge in [-0.25, -0.2) is 0 Å². The lowest BCUT2D eigenvalue weighted by atomic mass is 9.97. The second-order valence-corrected chi connectivity index (χ2v) is 5.60. The highest BCUT2D eigenvalue weighted by atomic mass is 16.5. The van der Waals surface area contributed by atoms with Crippen LogP contribution < -0.4 is 10.1 Å². The van der Waals surface area contributed by atoms with Gasteiger partial charge in [0.1, 0.15) is 11.9 Å². The minimum atomic E-state index is 0.307. The molecule has 0 radical (unpaired) electrons. The molecule has 1 N–H and O–H groups in total. The predicted molar refractivity (Wildman–Crippen MR) is 76.1 cm³/mol. The highest BCUT2D eigenvalue weighted by Gasteiger charge is 2.29. The van der Waals surface area contributed by atoms with Gasteiger partial charge in [-0.05, 0) is 36.9 Å². The summed E-state index contributed by atoms with van der Waals surface area (Å²) < 4.78 is 6.09. The zero-order valence-electron chi connectivity index (χ0n) is 11.8. The molecule has 0 aromatic heterocycles. The van der Waals surface area contributed by atoms with Crippen LogP contribution in [0.4, 0.5) is 0 Å². The zero-order chi connectivity index (χ0) is 13.0. The van der Waals surface area contributed by atoms with Gasteiger partial charge in [0.05, 0.1) is 0 Å². The third-order valence-corrected chi connectivity index (χ3v) is 3.64. The Hall–Kier alpha value is -1.02. The van der Waals surface area contributed by atoms with Gasteiger partial charge in [-0.3, -0.25) is 0 Å². The first-order valence-corrected chi connectivity index (χ1v) is 7.18. The maximum absolute atomic E-state index is 6.09. The minimum Gasteiger partial charge on any atom is -0.488 e. The molecule has 2 heteroatoms. The van der Waals surface area contributed by atoms with Gasteiger partial charge < -0.3 is 10.1 Å². The summed E-state index contributed by atoms with van der Waals surface area (Å²) in [5, 5.41) is 3.59. The van der Waals surface area contributed by atoms with Crippen molar-refractivity contribution in [2.75, 3.05) is 6.54 Å². The Morgan fingerprint density at radius 1 is 1.28 bits per heavy atom. The van der Waals surface area contributed by atoms with Crippen LogP contribution in [0.1, 0.15) is 39.2 Å². The van der Waals surface area contributed by atoms with Crippen LogP contribution in [0.25, 0.3) is 0 Å². The second kappa shape index (κ2) is 6.24. The second-order valence-electron chi connectivity index (χ2n) is 5.60. The van der Waals surface area contributed by atoms with Crippen LogP contribution in [0.5, 0.6) is 5.75 Å². The van der Waals surface area contributed by atoms with Crippen LogP contribution in [0.3, 0.4) is 0 Å². The van der Waals surface area contributed by atoms with Gasteiger partial charge in [-0.1, -0.05) is 39.0 Å². The highest BCUT2D eigenvalue weighted by molar-refractivity contribution is 5.37. The van der Waals surface area contributed by atoms with Gasteiger partial charge in [-0.15, -0.1) is 0 Å². The SMILES string of the molecule is CCNC(CCC(C)C)C1Cc2ccccc2O1. The summed E-state index contributed by atoms with van der Waals surface area (Å²) in [4.78, 5) is 0. The van der Waals surface area contributed by atoms with Gasteiger partial charge >= 0.3 is 0 Å². The molecule has 0 fully saturated rings. The molecule has 1 aliphatic rings. The molecular formula is C16H25NO. The Morgan fingerprint density at radius 2 is 2.06 bits per heavy atom. The summed E-state index contributed by atoms with van der Waals surface area (Å²) in [7, 11) is 0. The fraction of sp³-hybridized carbons (Fsp3) is 0.625. The van der Waals surface area contributed by atoms with Crippen LogP contribution in [-0.4, -0.2) is 18.7 Å². The van der Waals surface area contributed by atoms with Crippen LogP contribution >= 0.6 is 0 Å². The van der Waals surface area contributed by atoms with E-state index >= 15 is 0 Å². The highest BCUT2D eigenvalue weighted by Crippen LogP contribution is 2.30.